The number of nitrogens with one attached hydrogen (secondary N) is 1. The van der Waals surface area contributed by atoms with E-state index in [1.807, 2.05) is 35.2 Å². The quantitative estimate of drug-likeness (QED) is 0.709. The molecule has 6 nitrogen and oxygen atoms in total. The Bertz CT molecular complexity index is 997. The number of carbonyl (C=O) groups is 1. The second-order valence-corrected chi connectivity index (χ2v) is 7.17. The summed E-state index contributed by atoms with van der Waals surface area (Å²) in [5.41, 5.74) is 2.69. The average Bonchev–Trinajstić information content (AvgIpc) is 3.04. The molecule has 1 amide bonds. The van der Waals surface area contributed by atoms with Crippen LogP contribution in [0.1, 0.15) is 19.8 Å². The molecule has 8 heteroatoms. The summed E-state index contributed by atoms with van der Waals surface area (Å²) in [4.78, 5) is 18.1. The molecular formula is C19H19BClN5O. The van der Waals surface area contributed by atoms with Gasteiger partial charge >= 0.3 is 0 Å². The number of hydrogen-bond donors (Lipinski definition) is 1. The highest BCUT2D eigenvalue weighted by atomic mass is 35.5. The molecule has 0 unspecified atom stereocenters. The molecule has 1 aromatic carbocycles. The van der Waals surface area contributed by atoms with E-state index in [1.54, 1.807) is 17.6 Å². The van der Waals surface area contributed by atoms with Gasteiger partial charge in [0, 0.05) is 48.9 Å². The molecule has 136 valence electrons. The molecule has 27 heavy (non-hydrogen) atoms. The number of aromatic nitrogens is 3. The van der Waals surface area contributed by atoms with E-state index in [9.17, 15) is 4.79 Å². The Hall–Kier alpha value is -2.54. The smallest absolute Gasteiger partial charge is 0.219 e. The number of anilines is 1. The van der Waals surface area contributed by atoms with Crippen molar-refractivity contribution in [3.8, 4) is 11.3 Å². The van der Waals surface area contributed by atoms with E-state index in [1.165, 1.54) is 0 Å². The number of hydrogen-bond acceptors (Lipinski definition) is 4. The van der Waals surface area contributed by atoms with Crippen molar-refractivity contribution in [1.82, 2.24) is 19.5 Å². The van der Waals surface area contributed by atoms with Crippen LogP contribution in [0.2, 0.25) is 5.02 Å². The molecule has 1 aliphatic rings. The summed E-state index contributed by atoms with van der Waals surface area (Å²) in [6, 6.07) is 9.78. The van der Waals surface area contributed by atoms with E-state index in [2.05, 4.69) is 15.4 Å². The van der Waals surface area contributed by atoms with Gasteiger partial charge in [-0.2, -0.15) is 9.61 Å². The van der Waals surface area contributed by atoms with Crippen molar-refractivity contribution in [2.45, 2.75) is 25.8 Å². The summed E-state index contributed by atoms with van der Waals surface area (Å²) in [6.07, 6.45) is 3.35. The van der Waals surface area contributed by atoms with Crippen LogP contribution < -0.4 is 10.8 Å². The van der Waals surface area contributed by atoms with Gasteiger partial charge in [0.1, 0.15) is 13.7 Å². The normalized spacial score (nSPS) is 15.3. The minimum Gasteiger partial charge on any atom is -0.367 e. The summed E-state index contributed by atoms with van der Waals surface area (Å²) >= 11 is 6.36. The Morgan fingerprint density at radius 2 is 2.04 bits per heavy atom. The largest absolute Gasteiger partial charge is 0.367 e. The van der Waals surface area contributed by atoms with E-state index < -0.39 is 0 Å². The number of rotatable bonds is 3. The van der Waals surface area contributed by atoms with Crippen LogP contribution in [-0.4, -0.2) is 52.4 Å². The summed E-state index contributed by atoms with van der Waals surface area (Å²) in [5.74, 6) is 0.938. The zero-order valence-electron chi connectivity index (χ0n) is 15.0. The Balaban J connectivity index is 1.68. The first-order valence-electron chi connectivity index (χ1n) is 8.94. The standard InChI is InChI=1S/C19H19BClN5O/c1-12(27)25-8-6-13(7-9-25)23-18-10-17(14-4-2-3-5-16(14)21)24-19-15(20)11-22-26(18)19/h2-5,10-11,13,23H,6-9H2,1H3. The molecule has 0 bridgehead atoms. The molecular weight excluding hydrogens is 361 g/mol. The molecule has 1 saturated heterocycles. The van der Waals surface area contributed by atoms with Crippen molar-refractivity contribution < 1.29 is 4.79 Å². The van der Waals surface area contributed by atoms with Gasteiger partial charge < -0.3 is 10.2 Å². The summed E-state index contributed by atoms with van der Waals surface area (Å²) in [6.45, 7) is 3.11. The second-order valence-electron chi connectivity index (χ2n) is 6.77. The fraction of sp³-hybridized carbons (Fsp3) is 0.316. The van der Waals surface area contributed by atoms with Crippen molar-refractivity contribution in [2.75, 3.05) is 18.4 Å². The van der Waals surface area contributed by atoms with Gasteiger partial charge in [0.25, 0.3) is 0 Å². The van der Waals surface area contributed by atoms with Crippen molar-refractivity contribution in [3.63, 3.8) is 0 Å². The molecule has 1 aliphatic heterocycles. The summed E-state index contributed by atoms with van der Waals surface area (Å²) in [5, 5.41) is 8.54. The maximum atomic E-state index is 11.5. The molecule has 2 aromatic heterocycles. The van der Waals surface area contributed by atoms with Crippen LogP contribution in [0.5, 0.6) is 0 Å². The van der Waals surface area contributed by atoms with Crippen LogP contribution in [0, 0.1) is 0 Å². The summed E-state index contributed by atoms with van der Waals surface area (Å²) < 4.78 is 1.72. The van der Waals surface area contributed by atoms with E-state index >= 15 is 0 Å². The van der Waals surface area contributed by atoms with Crippen molar-refractivity contribution in [1.29, 1.82) is 0 Å². The van der Waals surface area contributed by atoms with Gasteiger partial charge in [-0.3, -0.25) is 4.79 Å². The van der Waals surface area contributed by atoms with Crippen molar-refractivity contribution >= 4 is 42.3 Å². The molecule has 0 saturated carbocycles. The number of benzene rings is 1. The lowest BCUT2D eigenvalue weighted by molar-refractivity contribution is -0.129. The lowest BCUT2D eigenvalue weighted by atomic mass is 10.0. The molecule has 1 N–H and O–H groups in total. The minimum atomic E-state index is 0.126. The van der Waals surface area contributed by atoms with E-state index in [4.69, 9.17) is 19.4 Å². The van der Waals surface area contributed by atoms with Crippen LogP contribution in [0.25, 0.3) is 16.9 Å². The molecule has 0 aliphatic carbocycles. The SMILES string of the molecule is [B]c1cnn2c(NC3CCN(C(C)=O)CC3)cc(-c3ccccc3Cl)nc12. The molecule has 0 spiro atoms. The third-order valence-electron chi connectivity index (χ3n) is 4.94. The molecule has 4 rings (SSSR count). The maximum Gasteiger partial charge on any atom is 0.219 e. The van der Waals surface area contributed by atoms with E-state index in [0.29, 0.717) is 16.1 Å². The number of fused-ring (bicyclic) bond motifs is 1. The Morgan fingerprint density at radius 1 is 1.30 bits per heavy atom. The Kier molecular flexibility index (Phi) is 4.78. The monoisotopic (exact) mass is 379 g/mol. The number of carbonyl (C=O) groups excluding carboxylic acids is 1. The molecule has 0 atom stereocenters. The molecule has 1 fully saturated rings. The van der Waals surface area contributed by atoms with Crippen molar-refractivity contribution in [2.24, 2.45) is 0 Å². The van der Waals surface area contributed by atoms with Gasteiger partial charge in [-0.15, -0.1) is 0 Å². The fourth-order valence-corrected chi connectivity index (χ4v) is 3.67. The van der Waals surface area contributed by atoms with E-state index in [0.717, 1.165) is 43.0 Å². The highest BCUT2D eigenvalue weighted by Crippen LogP contribution is 2.29. The van der Waals surface area contributed by atoms with Gasteiger partial charge in [-0.25, -0.2) is 4.98 Å². The topological polar surface area (TPSA) is 62.5 Å². The second kappa shape index (κ2) is 7.23. The first-order chi connectivity index (χ1) is 13.0. The zero-order chi connectivity index (χ0) is 19.0. The maximum absolute atomic E-state index is 11.5. The lowest BCUT2D eigenvalue weighted by Gasteiger charge is -2.32. The predicted molar refractivity (Wildman–Crippen MR) is 108 cm³/mol. The third kappa shape index (κ3) is 3.51. The lowest BCUT2D eigenvalue weighted by Crippen LogP contribution is -2.41. The average molecular weight is 380 g/mol. The van der Waals surface area contributed by atoms with Gasteiger partial charge in [0.2, 0.25) is 5.91 Å². The van der Waals surface area contributed by atoms with Crippen LogP contribution in [0.3, 0.4) is 0 Å². The number of halogens is 1. The third-order valence-corrected chi connectivity index (χ3v) is 5.27. The Labute approximate surface area is 163 Å². The Morgan fingerprint density at radius 3 is 2.74 bits per heavy atom. The van der Waals surface area contributed by atoms with Crippen LogP contribution in [-0.2, 0) is 4.79 Å². The van der Waals surface area contributed by atoms with E-state index in [-0.39, 0.29) is 11.9 Å². The van der Waals surface area contributed by atoms with Crippen LogP contribution in [0.4, 0.5) is 5.82 Å². The fourth-order valence-electron chi connectivity index (χ4n) is 3.44. The molecule has 2 radical (unpaired) electrons. The number of piperidine rings is 1. The predicted octanol–water partition coefficient (Wildman–Crippen LogP) is 2.27. The number of amides is 1. The molecule has 3 heterocycles. The minimum absolute atomic E-state index is 0.126. The van der Waals surface area contributed by atoms with Crippen LogP contribution in [0.15, 0.2) is 36.5 Å². The van der Waals surface area contributed by atoms with Gasteiger partial charge in [-0.1, -0.05) is 29.8 Å². The highest BCUT2D eigenvalue weighted by molar-refractivity contribution is 6.36. The first-order valence-corrected chi connectivity index (χ1v) is 9.32. The first kappa shape index (κ1) is 17.9. The zero-order valence-corrected chi connectivity index (χ0v) is 15.8. The van der Waals surface area contributed by atoms with Gasteiger partial charge in [-0.05, 0) is 24.4 Å². The highest BCUT2D eigenvalue weighted by Gasteiger charge is 2.22. The van der Waals surface area contributed by atoms with Crippen molar-refractivity contribution in [3.05, 3.63) is 41.6 Å². The van der Waals surface area contributed by atoms with Gasteiger partial charge in [0.15, 0.2) is 5.65 Å². The summed E-state index contributed by atoms with van der Waals surface area (Å²) in [7, 11) is 6.06. The number of nitrogens with zero attached hydrogens (tertiary/aromatic N) is 4. The van der Waals surface area contributed by atoms with Crippen LogP contribution >= 0.6 is 11.6 Å². The number of likely N-dealkylation sites (tertiary alicyclic amines) is 1. The molecule has 3 aromatic rings. The van der Waals surface area contributed by atoms with Gasteiger partial charge in [0.05, 0.1) is 5.69 Å².